The molecule has 1 aromatic carbocycles. The highest BCUT2D eigenvalue weighted by Gasteiger charge is 2.35. The summed E-state index contributed by atoms with van der Waals surface area (Å²) in [5.41, 5.74) is 7.71. The van der Waals surface area contributed by atoms with Gasteiger partial charge in [-0.25, -0.2) is 4.98 Å². The van der Waals surface area contributed by atoms with Gasteiger partial charge in [0, 0.05) is 16.5 Å². The molecule has 0 aliphatic carbocycles. The van der Waals surface area contributed by atoms with Crippen LogP contribution in [0.1, 0.15) is 27.3 Å². The van der Waals surface area contributed by atoms with Crippen LogP contribution in [0, 0.1) is 6.92 Å². The average molecular weight is 312 g/mol. The van der Waals surface area contributed by atoms with Gasteiger partial charge < -0.3 is 10.2 Å². The maximum atomic E-state index is 12.6. The first-order valence-electron chi connectivity index (χ1n) is 6.13. The minimum atomic E-state index is -4.45. The fraction of sp³-hybridized carbons (Fsp3) is 0.214. The van der Waals surface area contributed by atoms with Crippen LogP contribution in [-0.2, 0) is 6.18 Å². The van der Waals surface area contributed by atoms with Crippen molar-refractivity contribution in [1.82, 2.24) is 4.98 Å². The van der Waals surface area contributed by atoms with Crippen LogP contribution in [0.25, 0.3) is 11.0 Å². The van der Waals surface area contributed by atoms with Crippen molar-refractivity contribution in [1.29, 1.82) is 0 Å². The molecule has 3 rings (SSSR count). The van der Waals surface area contributed by atoms with E-state index >= 15 is 0 Å². The van der Waals surface area contributed by atoms with Crippen molar-refractivity contribution in [3.63, 3.8) is 0 Å². The molecule has 0 spiro atoms. The quantitative estimate of drug-likeness (QED) is 0.769. The number of nitrogens with zero attached hydrogens (tertiary/aromatic N) is 1. The molecule has 21 heavy (non-hydrogen) atoms. The van der Waals surface area contributed by atoms with Gasteiger partial charge in [0.1, 0.15) is 11.3 Å². The van der Waals surface area contributed by atoms with E-state index in [-0.39, 0.29) is 0 Å². The molecule has 7 heteroatoms. The van der Waals surface area contributed by atoms with Gasteiger partial charge in [-0.15, -0.1) is 11.3 Å². The van der Waals surface area contributed by atoms with E-state index in [0.717, 1.165) is 17.1 Å². The normalized spacial score (nSPS) is 13.8. The molecule has 2 heterocycles. The second-order valence-corrected chi connectivity index (χ2v) is 5.80. The maximum absolute atomic E-state index is 12.6. The molecule has 0 fully saturated rings. The van der Waals surface area contributed by atoms with Crippen molar-refractivity contribution >= 4 is 22.3 Å². The highest BCUT2D eigenvalue weighted by molar-refractivity contribution is 7.11. The van der Waals surface area contributed by atoms with Crippen LogP contribution in [-0.4, -0.2) is 4.98 Å². The molecule has 1 atom stereocenters. The minimum Gasteiger partial charge on any atom is -0.459 e. The number of aromatic nitrogens is 1. The maximum Gasteiger partial charge on any atom is 0.443 e. The number of fused-ring (bicyclic) bond motifs is 1. The molecular formula is C14H11F3N2OS. The Hall–Kier alpha value is -1.86. The number of hydrogen-bond acceptors (Lipinski definition) is 4. The number of rotatable bonds is 2. The summed E-state index contributed by atoms with van der Waals surface area (Å²) in [5.74, 6) is 0.424. The van der Waals surface area contributed by atoms with Crippen LogP contribution in [0.3, 0.4) is 0 Å². The van der Waals surface area contributed by atoms with Crippen LogP contribution in [0.2, 0.25) is 0 Å². The van der Waals surface area contributed by atoms with Crippen molar-refractivity contribution in [2.75, 3.05) is 0 Å². The first kappa shape index (κ1) is 14.1. The second kappa shape index (κ2) is 4.85. The topological polar surface area (TPSA) is 52.0 Å². The lowest BCUT2D eigenvalue weighted by molar-refractivity contribution is -0.137. The number of alkyl halides is 3. The fourth-order valence-electron chi connectivity index (χ4n) is 2.04. The lowest BCUT2D eigenvalue weighted by Crippen LogP contribution is -2.09. The van der Waals surface area contributed by atoms with E-state index in [0.29, 0.717) is 27.6 Å². The van der Waals surface area contributed by atoms with E-state index in [1.54, 1.807) is 6.07 Å². The largest absolute Gasteiger partial charge is 0.459 e. The lowest BCUT2D eigenvalue weighted by atomic mass is 10.1. The molecule has 3 aromatic rings. The summed E-state index contributed by atoms with van der Waals surface area (Å²) >= 11 is 0.535. The third kappa shape index (κ3) is 2.66. The first-order chi connectivity index (χ1) is 9.84. The fourth-order valence-corrected chi connectivity index (χ4v) is 2.83. The summed E-state index contributed by atoms with van der Waals surface area (Å²) in [6.07, 6.45) is -3.30. The predicted octanol–water partition coefficient (Wildman–Crippen LogP) is 4.26. The van der Waals surface area contributed by atoms with Gasteiger partial charge in [0.05, 0.1) is 6.04 Å². The van der Waals surface area contributed by atoms with Gasteiger partial charge in [0.2, 0.25) is 0 Å². The Morgan fingerprint density at radius 3 is 2.71 bits per heavy atom. The Morgan fingerprint density at radius 1 is 1.29 bits per heavy atom. The van der Waals surface area contributed by atoms with Crippen LogP contribution < -0.4 is 5.73 Å². The summed E-state index contributed by atoms with van der Waals surface area (Å²) in [4.78, 5) is 3.69. The van der Waals surface area contributed by atoms with E-state index in [1.165, 1.54) is 0 Å². The number of aryl methyl sites for hydroxylation is 1. The lowest BCUT2D eigenvalue weighted by Gasteiger charge is -2.04. The summed E-state index contributed by atoms with van der Waals surface area (Å²) in [7, 11) is 0. The Kier molecular flexibility index (Phi) is 3.26. The van der Waals surface area contributed by atoms with Crippen LogP contribution in [0.4, 0.5) is 13.2 Å². The Morgan fingerprint density at radius 2 is 2.05 bits per heavy atom. The van der Waals surface area contributed by atoms with Crippen molar-refractivity contribution in [3.8, 4) is 0 Å². The monoisotopic (exact) mass is 312 g/mol. The van der Waals surface area contributed by atoms with Crippen molar-refractivity contribution < 1.29 is 17.6 Å². The molecule has 0 radical (unpaired) electrons. The van der Waals surface area contributed by atoms with E-state index in [9.17, 15) is 13.2 Å². The second-order valence-electron chi connectivity index (χ2n) is 4.73. The number of benzene rings is 1. The molecule has 0 amide bonds. The third-order valence-corrected chi connectivity index (χ3v) is 4.20. The standard InChI is InChI=1S/C14H11F3N2OS/c1-7-2-3-9-8(4-7)5-10(20-9)12(18)11-6-19-13(21-11)14(15,16)17/h2-6,12H,18H2,1H3. The molecule has 2 N–H and O–H groups in total. The zero-order valence-corrected chi connectivity index (χ0v) is 11.8. The summed E-state index contributed by atoms with van der Waals surface area (Å²) in [5, 5.41) is -0.0269. The van der Waals surface area contributed by atoms with E-state index in [1.807, 2.05) is 25.1 Å². The van der Waals surface area contributed by atoms with Crippen molar-refractivity contribution in [2.45, 2.75) is 19.1 Å². The smallest absolute Gasteiger partial charge is 0.443 e. The molecule has 2 aromatic heterocycles. The van der Waals surface area contributed by atoms with Gasteiger partial charge in [-0.1, -0.05) is 11.6 Å². The first-order valence-corrected chi connectivity index (χ1v) is 6.95. The molecule has 1 unspecified atom stereocenters. The molecule has 110 valence electrons. The molecule has 0 saturated heterocycles. The van der Waals surface area contributed by atoms with E-state index in [2.05, 4.69) is 4.98 Å². The Bertz CT molecular complexity index is 791. The SMILES string of the molecule is Cc1ccc2oc(C(N)c3cnc(C(F)(F)F)s3)cc2c1. The zero-order chi connectivity index (χ0) is 15.2. The van der Waals surface area contributed by atoms with Gasteiger partial charge >= 0.3 is 6.18 Å². The third-order valence-electron chi connectivity index (χ3n) is 3.07. The summed E-state index contributed by atoms with van der Waals surface area (Å²) in [6, 6.07) is 6.64. The number of thiazole rings is 1. The average Bonchev–Trinajstić information content (AvgIpc) is 3.03. The van der Waals surface area contributed by atoms with Crippen LogP contribution in [0.5, 0.6) is 0 Å². The van der Waals surface area contributed by atoms with Gasteiger partial charge in [0.15, 0.2) is 5.01 Å². The van der Waals surface area contributed by atoms with Crippen molar-refractivity contribution in [2.24, 2.45) is 5.73 Å². The number of nitrogens with two attached hydrogens (primary N) is 1. The minimum absolute atomic E-state index is 0.318. The number of furan rings is 1. The molecule has 0 aliphatic rings. The Labute approximate surface area is 122 Å². The van der Waals surface area contributed by atoms with E-state index in [4.69, 9.17) is 10.2 Å². The van der Waals surface area contributed by atoms with Gasteiger partial charge in [-0.2, -0.15) is 13.2 Å². The molecule has 0 saturated carbocycles. The summed E-state index contributed by atoms with van der Waals surface area (Å²) in [6.45, 7) is 1.95. The molecule has 0 aliphatic heterocycles. The van der Waals surface area contributed by atoms with Crippen LogP contribution >= 0.6 is 11.3 Å². The summed E-state index contributed by atoms with van der Waals surface area (Å²) < 4.78 is 43.3. The number of hydrogen-bond donors (Lipinski definition) is 1. The molecule has 3 nitrogen and oxygen atoms in total. The molecule has 0 bridgehead atoms. The number of halogens is 3. The zero-order valence-electron chi connectivity index (χ0n) is 10.9. The highest BCUT2D eigenvalue weighted by Crippen LogP contribution is 2.36. The Balaban J connectivity index is 1.96. The van der Waals surface area contributed by atoms with Gasteiger partial charge in [-0.05, 0) is 25.1 Å². The van der Waals surface area contributed by atoms with Gasteiger partial charge in [0.25, 0.3) is 0 Å². The van der Waals surface area contributed by atoms with E-state index < -0.39 is 17.2 Å². The van der Waals surface area contributed by atoms with Crippen LogP contribution in [0.15, 0.2) is 34.9 Å². The van der Waals surface area contributed by atoms with Gasteiger partial charge in [-0.3, -0.25) is 0 Å². The predicted molar refractivity (Wildman–Crippen MR) is 74.1 cm³/mol. The highest BCUT2D eigenvalue weighted by atomic mass is 32.1. The molecular weight excluding hydrogens is 301 g/mol. The van der Waals surface area contributed by atoms with Crippen molar-refractivity contribution in [3.05, 3.63) is 51.7 Å².